The zero-order chi connectivity index (χ0) is 18.1. The first-order valence-corrected chi connectivity index (χ1v) is 9.55. The van der Waals surface area contributed by atoms with Crippen LogP contribution in [-0.2, 0) is 6.54 Å². The number of thiazole rings is 1. The topological polar surface area (TPSA) is 62.5 Å². The number of rotatable bonds is 4. The van der Waals surface area contributed by atoms with Gasteiger partial charge < -0.3 is 4.90 Å². The summed E-state index contributed by atoms with van der Waals surface area (Å²) in [7, 11) is 0. The van der Waals surface area contributed by atoms with Crippen LogP contribution in [0.15, 0.2) is 42.5 Å². The van der Waals surface area contributed by atoms with Crippen LogP contribution in [0.5, 0.6) is 0 Å². The molecule has 4 rings (SSSR count). The Labute approximate surface area is 159 Å². The van der Waals surface area contributed by atoms with Gasteiger partial charge in [0, 0.05) is 49.9 Å². The average Bonchev–Trinajstić information content (AvgIpc) is 3.07. The van der Waals surface area contributed by atoms with E-state index in [-0.39, 0.29) is 10.6 Å². The van der Waals surface area contributed by atoms with E-state index in [1.165, 1.54) is 17.4 Å². The molecule has 0 amide bonds. The summed E-state index contributed by atoms with van der Waals surface area (Å²) in [6.45, 7) is 4.47. The highest BCUT2D eigenvalue weighted by Gasteiger charge is 2.21. The van der Waals surface area contributed by atoms with E-state index in [0.717, 1.165) is 58.7 Å². The first-order chi connectivity index (χ1) is 12.6. The molecule has 0 saturated carbocycles. The van der Waals surface area contributed by atoms with Crippen LogP contribution in [0, 0.1) is 10.1 Å². The van der Waals surface area contributed by atoms with Crippen LogP contribution < -0.4 is 4.90 Å². The predicted octanol–water partition coefficient (Wildman–Crippen LogP) is 4.18. The molecule has 3 aromatic rings. The summed E-state index contributed by atoms with van der Waals surface area (Å²) in [6, 6.07) is 12.8. The summed E-state index contributed by atoms with van der Waals surface area (Å²) >= 11 is 7.77. The third-order valence-corrected chi connectivity index (χ3v) is 6.01. The summed E-state index contributed by atoms with van der Waals surface area (Å²) in [5.41, 5.74) is 2.07. The monoisotopic (exact) mass is 388 g/mol. The smallest absolute Gasteiger partial charge is 0.270 e. The molecule has 0 spiro atoms. The summed E-state index contributed by atoms with van der Waals surface area (Å²) in [6.07, 6.45) is 0. The van der Waals surface area contributed by atoms with Crippen molar-refractivity contribution in [3.05, 3.63) is 63.2 Å². The Morgan fingerprint density at radius 2 is 1.92 bits per heavy atom. The normalized spacial score (nSPS) is 15.5. The Morgan fingerprint density at radius 1 is 1.15 bits per heavy atom. The van der Waals surface area contributed by atoms with Crippen molar-refractivity contribution in [3.63, 3.8) is 0 Å². The molecule has 0 radical (unpaired) electrons. The van der Waals surface area contributed by atoms with Crippen LogP contribution in [0.2, 0.25) is 5.02 Å². The highest BCUT2D eigenvalue weighted by atomic mass is 35.5. The minimum absolute atomic E-state index is 0.109. The first-order valence-electron chi connectivity index (χ1n) is 8.36. The van der Waals surface area contributed by atoms with Crippen molar-refractivity contribution >= 4 is 44.0 Å². The van der Waals surface area contributed by atoms with Gasteiger partial charge in [-0.2, -0.15) is 0 Å². The van der Waals surface area contributed by atoms with Gasteiger partial charge in [-0.25, -0.2) is 4.98 Å². The average molecular weight is 389 g/mol. The van der Waals surface area contributed by atoms with Gasteiger partial charge in [0.1, 0.15) is 0 Å². The van der Waals surface area contributed by atoms with Crippen LogP contribution in [0.25, 0.3) is 10.2 Å². The van der Waals surface area contributed by atoms with Gasteiger partial charge >= 0.3 is 0 Å². The molecule has 0 unspecified atom stereocenters. The zero-order valence-electron chi connectivity index (χ0n) is 14.0. The maximum absolute atomic E-state index is 10.9. The summed E-state index contributed by atoms with van der Waals surface area (Å²) in [5, 5.41) is 12.7. The second-order valence-electron chi connectivity index (χ2n) is 6.26. The number of fused-ring (bicyclic) bond motifs is 1. The maximum atomic E-state index is 10.9. The molecule has 6 nitrogen and oxygen atoms in total. The molecule has 2 heterocycles. The van der Waals surface area contributed by atoms with Gasteiger partial charge in [-0.05, 0) is 17.7 Å². The lowest BCUT2D eigenvalue weighted by molar-refractivity contribution is -0.384. The fourth-order valence-corrected chi connectivity index (χ4v) is 4.36. The number of nitro benzene ring substituents is 1. The standard InChI is InChI=1S/C18H17ClN4O2S/c19-15-4-2-1-3-13(15)12-21-7-9-22(10-8-21)18-20-16-6-5-14(23(24)25)11-17(16)26-18/h1-6,11H,7-10,12H2. The molecule has 1 aromatic heterocycles. The highest BCUT2D eigenvalue weighted by molar-refractivity contribution is 7.22. The molecule has 1 saturated heterocycles. The van der Waals surface area contributed by atoms with Gasteiger partial charge in [-0.1, -0.05) is 41.1 Å². The minimum atomic E-state index is -0.369. The molecule has 2 aromatic carbocycles. The molecule has 134 valence electrons. The number of nitro groups is 1. The molecule has 1 aliphatic rings. The molecular weight excluding hydrogens is 372 g/mol. The van der Waals surface area contributed by atoms with E-state index in [1.54, 1.807) is 12.1 Å². The van der Waals surface area contributed by atoms with Gasteiger partial charge in [0.05, 0.1) is 15.1 Å². The van der Waals surface area contributed by atoms with E-state index in [2.05, 4.69) is 20.9 Å². The van der Waals surface area contributed by atoms with Crippen molar-refractivity contribution in [2.75, 3.05) is 31.1 Å². The Bertz CT molecular complexity index is 953. The van der Waals surface area contributed by atoms with Crippen molar-refractivity contribution in [1.29, 1.82) is 0 Å². The van der Waals surface area contributed by atoms with E-state index in [0.29, 0.717) is 0 Å². The van der Waals surface area contributed by atoms with Crippen LogP contribution >= 0.6 is 22.9 Å². The molecule has 0 bridgehead atoms. The van der Waals surface area contributed by atoms with E-state index >= 15 is 0 Å². The van der Waals surface area contributed by atoms with Crippen molar-refractivity contribution < 1.29 is 4.92 Å². The first kappa shape index (κ1) is 17.2. The summed E-state index contributed by atoms with van der Waals surface area (Å²) in [4.78, 5) is 19.8. The van der Waals surface area contributed by atoms with Crippen molar-refractivity contribution in [2.45, 2.75) is 6.54 Å². The largest absolute Gasteiger partial charge is 0.345 e. The molecule has 0 atom stereocenters. The van der Waals surface area contributed by atoms with Gasteiger partial charge in [-0.3, -0.25) is 15.0 Å². The minimum Gasteiger partial charge on any atom is -0.345 e. The van der Waals surface area contributed by atoms with Crippen LogP contribution in [-0.4, -0.2) is 41.0 Å². The van der Waals surface area contributed by atoms with Crippen molar-refractivity contribution in [3.8, 4) is 0 Å². The van der Waals surface area contributed by atoms with E-state index in [1.807, 2.05) is 18.2 Å². The summed E-state index contributed by atoms with van der Waals surface area (Å²) < 4.78 is 0.854. The number of benzene rings is 2. The fourth-order valence-electron chi connectivity index (χ4n) is 3.11. The highest BCUT2D eigenvalue weighted by Crippen LogP contribution is 2.32. The molecule has 1 fully saturated rings. The Balaban J connectivity index is 1.44. The number of nitrogens with zero attached hydrogens (tertiary/aromatic N) is 4. The second-order valence-corrected chi connectivity index (χ2v) is 7.68. The lowest BCUT2D eigenvalue weighted by atomic mass is 10.2. The van der Waals surface area contributed by atoms with Crippen LogP contribution in [0.1, 0.15) is 5.56 Å². The van der Waals surface area contributed by atoms with E-state index in [9.17, 15) is 10.1 Å². The molecule has 0 N–H and O–H groups in total. The lowest BCUT2D eigenvalue weighted by Crippen LogP contribution is -2.45. The number of hydrogen-bond acceptors (Lipinski definition) is 6. The number of non-ortho nitro benzene ring substituents is 1. The number of anilines is 1. The number of piperazine rings is 1. The Morgan fingerprint density at radius 3 is 2.65 bits per heavy atom. The maximum Gasteiger partial charge on any atom is 0.270 e. The molecule has 26 heavy (non-hydrogen) atoms. The van der Waals surface area contributed by atoms with E-state index < -0.39 is 0 Å². The zero-order valence-corrected chi connectivity index (χ0v) is 15.5. The van der Waals surface area contributed by atoms with Crippen molar-refractivity contribution in [1.82, 2.24) is 9.88 Å². The molecule has 1 aliphatic heterocycles. The van der Waals surface area contributed by atoms with E-state index in [4.69, 9.17) is 11.6 Å². The number of halogens is 1. The number of aromatic nitrogens is 1. The Hall–Kier alpha value is -2.22. The van der Waals surface area contributed by atoms with Crippen molar-refractivity contribution in [2.24, 2.45) is 0 Å². The van der Waals surface area contributed by atoms with Crippen LogP contribution in [0.3, 0.4) is 0 Å². The molecular formula is C18H17ClN4O2S. The van der Waals surface area contributed by atoms with Gasteiger partial charge in [0.15, 0.2) is 5.13 Å². The summed E-state index contributed by atoms with van der Waals surface area (Å²) in [5.74, 6) is 0. The fraction of sp³-hybridized carbons (Fsp3) is 0.278. The number of hydrogen-bond donors (Lipinski definition) is 0. The predicted molar refractivity (Wildman–Crippen MR) is 105 cm³/mol. The second kappa shape index (κ2) is 7.19. The third kappa shape index (κ3) is 3.51. The lowest BCUT2D eigenvalue weighted by Gasteiger charge is -2.34. The van der Waals surface area contributed by atoms with Gasteiger partial charge in [0.2, 0.25) is 0 Å². The van der Waals surface area contributed by atoms with Gasteiger partial charge in [0.25, 0.3) is 5.69 Å². The molecule has 8 heteroatoms. The quantitative estimate of drug-likeness (QED) is 0.495. The Kier molecular flexibility index (Phi) is 4.76. The third-order valence-electron chi connectivity index (χ3n) is 4.57. The SMILES string of the molecule is O=[N+]([O-])c1ccc2nc(N3CCN(Cc4ccccc4Cl)CC3)sc2c1. The van der Waals surface area contributed by atoms with Crippen LogP contribution in [0.4, 0.5) is 10.8 Å². The van der Waals surface area contributed by atoms with Gasteiger partial charge in [-0.15, -0.1) is 0 Å². The molecule has 0 aliphatic carbocycles.